The van der Waals surface area contributed by atoms with E-state index in [0.29, 0.717) is 11.6 Å². The molecule has 0 saturated carbocycles. The van der Waals surface area contributed by atoms with Crippen LogP contribution < -0.4 is 10.3 Å². The molecule has 0 radical (unpaired) electrons. The number of amides is 1. The molecule has 0 fully saturated rings. The third-order valence-electron chi connectivity index (χ3n) is 3.72. The second kappa shape index (κ2) is 7.63. The molecule has 0 unspecified atom stereocenters. The van der Waals surface area contributed by atoms with Gasteiger partial charge in [-0.15, -0.1) is 4.83 Å². The Morgan fingerprint density at radius 2 is 1.83 bits per heavy atom. The van der Waals surface area contributed by atoms with Gasteiger partial charge in [-0.1, -0.05) is 26.0 Å². The normalized spacial score (nSPS) is 11.7. The number of hydrazine groups is 1. The van der Waals surface area contributed by atoms with Crippen molar-refractivity contribution in [3.63, 3.8) is 0 Å². The number of hydrogen-bond donors (Lipinski definition) is 2. The van der Waals surface area contributed by atoms with E-state index in [-0.39, 0.29) is 4.90 Å². The summed E-state index contributed by atoms with van der Waals surface area (Å²) in [5.74, 6) is 0.0856. The van der Waals surface area contributed by atoms with Gasteiger partial charge in [-0.05, 0) is 48.6 Å². The lowest BCUT2D eigenvalue weighted by Gasteiger charge is -2.10. The number of aryl methyl sites for hydroxylation is 2. The second-order valence-electron chi connectivity index (χ2n) is 6.14. The van der Waals surface area contributed by atoms with E-state index in [9.17, 15) is 13.2 Å². The monoisotopic (exact) mass is 349 g/mol. The molecule has 1 amide bonds. The number of rotatable bonds is 7. The zero-order chi connectivity index (χ0) is 17.7. The summed E-state index contributed by atoms with van der Waals surface area (Å²) in [6.07, 6.45) is 3.67. The molecule has 1 aromatic heterocycles. The molecule has 0 atom stereocenters. The Morgan fingerprint density at radius 3 is 2.38 bits per heavy atom. The van der Waals surface area contributed by atoms with Crippen LogP contribution in [0.3, 0.4) is 0 Å². The fraction of sp³-hybridized carbons (Fsp3) is 0.353. The summed E-state index contributed by atoms with van der Waals surface area (Å²) in [4.78, 5) is 14.2. The van der Waals surface area contributed by atoms with Gasteiger partial charge >= 0.3 is 0 Å². The molecule has 2 aromatic rings. The fourth-order valence-corrected chi connectivity index (χ4v) is 3.06. The van der Waals surface area contributed by atoms with Gasteiger partial charge in [-0.25, -0.2) is 8.42 Å². The van der Waals surface area contributed by atoms with Gasteiger partial charge in [0.05, 0.1) is 4.90 Å². The molecule has 0 saturated heterocycles. The van der Waals surface area contributed by atoms with Crippen molar-refractivity contribution in [2.45, 2.75) is 31.6 Å². The number of hydrogen-bond acceptors (Lipinski definition) is 3. The van der Waals surface area contributed by atoms with Gasteiger partial charge in [0.15, 0.2) is 0 Å². The summed E-state index contributed by atoms with van der Waals surface area (Å²) in [5.41, 5.74) is 3.68. The average molecular weight is 349 g/mol. The Bertz CT molecular complexity index is 793. The first kappa shape index (κ1) is 18.2. The van der Waals surface area contributed by atoms with Crippen LogP contribution in [0.25, 0.3) is 0 Å². The van der Waals surface area contributed by atoms with Gasteiger partial charge in [-0.2, -0.15) is 0 Å². The molecule has 1 heterocycles. The van der Waals surface area contributed by atoms with Gasteiger partial charge in [-0.3, -0.25) is 10.2 Å². The summed E-state index contributed by atoms with van der Waals surface area (Å²) in [6.45, 7) is 4.30. The first-order valence-corrected chi connectivity index (χ1v) is 9.30. The Kier molecular flexibility index (Phi) is 5.80. The van der Waals surface area contributed by atoms with Crippen LogP contribution in [0.5, 0.6) is 0 Å². The highest BCUT2D eigenvalue weighted by molar-refractivity contribution is 7.89. The van der Waals surface area contributed by atoms with E-state index in [1.54, 1.807) is 54.2 Å². The molecule has 6 nitrogen and oxygen atoms in total. The molecular weight excluding hydrogens is 326 g/mol. The summed E-state index contributed by atoms with van der Waals surface area (Å²) in [7, 11) is -2.09. The number of nitrogens with zero attached hydrogens (tertiary/aromatic N) is 1. The summed E-state index contributed by atoms with van der Waals surface area (Å²) in [5, 5.41) is 0. The second-order valence-corrected chi connectivity index (χ2v) is 7.82. The maximum absolute atomic E-state index is 12.2. The molecule has 130 valence electrons. The number of aromatic nitrogens is 1. The van der Waals surface area contributed by atoms with Crippen molar-refractivity contribution in [2.24, 2.45) is 13.0 Å². The lowest BCUT2D eigenvalue weighted by Crippen LogP contribution is -2.42. The molecular formula is C17H23N3O3S. The van der Waals surface area contributed by atoms with Crippen molar-refractivity contribution in [1.29, 1.82) is 0 Å². The predicted octanol–water partition coefficient (Wildman–Crippen LogP) is 2.24. The van der Waals surface area contributed by atoms with Crippen LogP contribution in [0.1, 0.15) is 36.3 Å². The zero-order valence-electron chi connectivity index (χ0n) is 14.1. The summed E-state index contributed by atoms with van der Waals surface area (Å²) in [6, 6.07) is 10.0. The molecule has 1 aromatic carbocycles. The van der Waals surface area contributed by atoms with Gasteiger partial charge in [0, 0.05) is 13.2 Å². The number of carbonyl (C=O) groups excluding carboxylic acids is 1. The number of nitrogens with one attached hydrogen (secondary N) is 2. The molecule has 2 rings (SSSR count). The molecule has 0 spiro atoms. The van der Waals surface area contributed by atoms with Gasteiger partial charge in [0.25, 0.3) is 15.9 Å². The highest BCUT2D eigenvalue weighted by Crippen LogP contribution is 2.13. The standard InChI is InChI=1S/C17H23N3O3S/c1-13(2)6-7-14-8-10-15(11-9-14)24(22,23)19-18-17(21)16-5-4-12-20(16)3/h4-5,8-13,19H,6-7H2,1-3H3,(H,18,21). The van der Waals surface area contributed by atoms with Crippen molar-refractivity contribution in [1.82, 2.24) is 14.8 Å². The van der Waals surface area contributed by atoms with Crippen LogP contribution in [0.15, 0.2) is 47.5 Å². The van der Waals surface area contributed by atoms with Crippen molar-refractivity contribution >= 4 is 15.9 Å². The van der Waals surface area contributed by atoms with E-state index in [2.05, 4.69) is 24.1 Å². The van der Waals surface area contributed by atoms with E-state index in [4.69, 9.17) is 0 Å². The lowest BCUT2D eigenvalue weighted by atomic mass is 10.0. The molecule has 0 aliphatic rings. The smallest absolute Gasteiger partial charge is 0.282 e. The molecule has 0 bridgehead atoms. The third-order valence-corrected chi connectivity index (χ3v) is 4.98. The first-order valence-electron chi connectivity index (χ1n) is 7.82. The Morgan fingerprint density at radius 1 is 1.17 bits per heavy atom. The number of sulfonamides is 1. The molecule has 7 heteroatoms. The van der Waals surface area contributed by atoms with Crippen LogP contribution >= 0.6 is 0 Å². The summed E-state index contributed by atoms with van der Waals surface area (Å²) >= 11 is 0. The lowest BCUT2D eigenvalue weighted by molar-refractivity contribution is 0.0937. The average Bonchev–Trinajstić information content (AvgIpc) is 2.97. The van der Waals surface area contributed by atoms with E-state index in [1.165, 1.54) is 0 Å². The minimum atomic E-state index is -3.80. The van der Waals surface area contributed by atoms with Crippen LogP contribution in [-0.2, 0) is 23.5 Å². The highest BCUT2D eigenvalue weighted by atomic mass is 32.2. The Balaban J connectivity index is 1.99. The van der Waals surface area contributed by atoms with Crippen LogP contribution in [-0.4, -0.2) is 18.9 Å². The minimum Gasteiger partial charge on any atom is -0.347 e. The maximum Gasteiger partial charge on any atom is 0.282 e. The SMILES string of the molecule is CC(C)CCc1ccc(S(=O)(=O)NNC(=O)c2cccn2C)cc1. The van der Waals surface area contributed by atoms with Crippen molar-refractivity contribution in [2.75, 3.05) is 0 Å². The fourth-order valence-electron chi connectivity index (χ4n) is 2.22. The van der Waals surface area contributed by atoms with E-state index in [1.807, 2.05) is 0 Å². The molecule has 0 aliphatic carbocycles. The van der Waals surface area contributed by atoms with E-state index in [0.717, 1.165) is 18.4 Å². The molecule has 24 heavy (non-hydrogen) atoms. The van der Waals surface area contributed by atoms with Gasteiger partial charge in [0.2, 0.25) is 0 Å². The number of carbonyl (C=O) groups is 1. The van der Waals surface area contributed by atoms with E-state index >= 15 is 0 Å². The summed E-state index contributed by atoms with van der Waals surface area (Å²) < 4.78 is 26.1. The van der Waals surface area contributed by atoms with E-state index < -0.39 is 15.9 Å². The van der Waals surface area contributed by atoms with Gasteiger partial charge < -0.3 is 4.57 Å². The van der Waals surface area contributed by atoms with Crippen LogP contribution in [0.4, 0.5) is 0 Å². The quantitative estimate of drug-likeness (QED) is 0.752. The van der Waals surface area contributed by atoms with Crippen molar-refractivity contribution in [3.05, 3.63) is 53.9 Å². The van der Waals surface area contributed by atoms with Crippen LogP contribution in [0, 0.1) is 5.92 Å². The first-order chi connectivity index (χ1) is 11.3. The largest absolute Gasteiger partial charge is 0.347 e. The maximum atomic E-state index is 12.2. The number of benzene rings is 1. The van der Waals surface area contributed by atoms with Crippen molar-refractivity contribution in [3.8, 4) is 0 Å². The molecule has 2 N–H and O–H groups in total. The van der Waals surface area contributed by atoms with Gasteiger partial charge in [0.1, 0.15) is 5.69 Å². The van der Waals surface area contributed by atoms with Crippen molar-refractivity contribution < 1.29 is 13.2 Å². The Labute approximate surface area is 142 Å². The molecule has 0 aliphatic heterocycles. The van der Waals surface area contributed by atoms with Crippen LogP contribution in [0.2, 0.25) is 0 Å². The minimum absolute atomic E-state index is 0.114. The highest BCUT2D eigenvalue weighted by Gasteiger charge is 2.16. The third kappa shape index (κ3) is 4.69. The topological polar surface area (TPSA) is 80.2 Å². The predicted molar refractivity (Wildman–Crippen MR) is 92.8 cm³/mol. The Hall–Kier alpha value is -2.12. The zero-order valence-corrected chi connectivity index (χ0v) is 14.9.